The second-order valence-corrected chi connectivity index (χ2v) is 5.71. The topological polar surface area (TPSA) is 29.3 Å². The van der Waals surface area contributed by atoms with Crippen molar-refractivity contribution < 1.29 is 4.39 Å². The van der Waals surface area contributed by atoms with Gasteiger partial charge in [0.1, 0.15) is 5.82 Å². The van der Waals surface area contributed by atoms with E-state index in [0.717, 1.165) is 5.56 Å². The normalized spacial score (nSPS) is 19.8. The van der Waals surface area contributed by atoms with Gasteiger partial charge in [-0.3, -0.25) is 4.90 Å². The molecule has 1 aliphatic rings. The van der Waals surface area contributed by atoms with Crippen molar-refractivity contribution in [1.29, 1.82) is 0 Å². The molecule has 0 amide bonds. The van der Waals surface area contributed by atoms with Crippen LogP contribution < -0.4 is 5.73 Å². The lowest BCUT2D eigenvalue weighted by molar-refractivity contribution is 0.135. The van der Waals surface area contributed by atoms with Gasteiger partial charge in [-0.2, -0.15) is 0 Å². The Hall–Kier alpha value is -0.930. The Morgan fingerprint density at radius 2 is 1.95 bits per heavy atom. The zero-order chi connectivity index (χ0) is 13.8. The molecule has 2 atom stereocenters. The Kier molecular flexibility index (Phi) is 4.94. The van der Waals surface area contributed by atoms with E-state index in [4.69, 9.17) is 5.73 Å². The number of hydrogen-bond donors (Lipinski definition) is 1. The number of likely N-dealkylation sites (N-methyl/N-ethyl adjacent to an activating group) is 1. The summed E-state index contributed by atoms with van der Waals surface area (Å²) >= 11 is 0. The van der Waals surface area contributed by atoms with Gasteiger partial charge in [0.25, 0.3) is 0 Å². The summed E-state index contributed by atoms with van der Waals surface area (Å²) in [6.45, 7) is 2.72. The molecule has 1 aliphatic carbocycles. The van der Waals surface area contributed by atoms with Crippen LogP contribution in [-0.4, -0.2) is 24.5 Å². The Morgan fingerprint density at radius 3 is 2.53 bits per heavy atom. The summed E-state index contributed by atoms with van der Waals surface area (Å²) in [5, 5.41) is 0. The van der Waals surface area contributed by atoms with E-state index in [9.17, 15) is 4.39 Å². The first kappa shape index (κ1) is 14.5. The standard InChI is InChI=1S/C16H25FN2/c1-12(14-9-5-6-10-15(14)17)19(2)16(11-18)13-7-3-4-8-13/h5-6,9-10,12-13,16H,3-4,7-8,11,18H2,1-2H3. The Balaban J connectivity index is 2.12. The summed E-state index contributed by atoms with van der Waals surface area (Å²) < 4.78 is 13.9. The van der Waals surface area contributed by atoms with E-state index in [1.807, 2.05) is 12.1 Å². The molecule has 3 heteroatoms. The minimum absolute atomic E-state index is 0.0651. The van der Waals surface area contributed by atoms with Crippen LogP contribution in [-0.2, 0) is 0 Å². The monoisotopic (exact) mass is 264 g/mol. The fraction of sp³-hybridized carbons (Fsp3) is 0.625. The van der Waals surface area contributed by atoms with Gasteiger partial charge in [0, 0.05) is 24.2 Å². The SMILES string of the molecule is CC(c1ccccc1F)N(C)C(CN)C1CCCC1. The van der Waals surface area contributed by atoms with Gasteiger partial charge in [0.05, 0.1) is 0 Å². The van der Waals surface area contributed by atoms with Crippen molar-refractivity contribution in [2.75, 3.05) is 13.6 Å². The largest absolute Gasteiger partial charge is 0.329 e. The highest BCUT2D eigenvalue weighted by molar-refractivity contribution is 5.20. The highest BCUT2D eigenvalue weighted by Crippen LogP contribution is 2.33. The van der Waals surface area contributed by atoms with Gasteiger partial charge in [-0.1, -0.05) is 31.0 Å². The van der Waals surface area contributed by atoms with Gasteiger partial charge < -0.3 is 5.73 Å². The Bertz CT molecular complexity index is 401. The van der Waals surface area contributed by atoms with Crippen molar-refractivity contribution in [3.8, 4) is 0 Å². The van der Waals surface area contributed by atoms with E-state index < -0.39 is 0 Å². The second-order valence-electron chi connectivity index (χ2n) is 5.71. The lowest BCUT2D eigenvalue weighted by Crippen LogP contribution is -2.44. The summed E-state index contributed by atoms with van der Waals surface area (Å²) in [5.74, 6) is 0.549. The molecule has 1 fully saturated rings. The maximum atomic E-state index is 13.9. The molecule has 2 N–H and O–H groups in total. The molecule has 0 radical (unpaired) electrons. The number of nitrogens with two attached hydrogens (primary N) is 1. The average molecular weight is 264 g/mol. The molecule has 2 unspecified atom stereocenters. The number of halogens is 1. The van der Waals surface area contributed by atoms with Crippen LogP contribution in [0.3, 0.4) is 0 Å². The minimum atomic E-state index is -0.121. The van der Waals surface area contributed by atoms with Gasteiger partial charge in [-0.25, -0.2) is 4.39 Å². The predicted octanol–water partition coefficient (Wildman–Crippen LogP) is 3.34. The van der Waals surface area contributed by atoms with E-state index >= 15 is 0 Å². The maximum absolute atomic E-state index is 13.9. The van der Waals surface area contributed by atoms with Crippen molar-refractivity contribution in [2.45, 2.75) is 44.7 Å². The van der Waals surface area contributed by atoms with Gasteiger partial charge in [-0.05, 0) is 38.8 Å². The Morgan fingerprint density at radius 1 is 1.32 bits per heavy atom. The van der Waals surface area contributed by atoms with Crippen molar-refractivity contribution in [3.05, 3.63) is 35.6 Å². The third kappa shape index (κ3) is 3.15. The van der Waals surface area contributed by atoms with Gasteiger partial charge in [-0.15, -0.1) is 0 Å². The van der Waals surface area contributed by atoms with Crippen LogP contribution in [0.4, 0.5) is 4.39 Å². The van der Waals surface area contributed by atoms with E-state index in [2.05, 4.69) is 18.9 Å². The molecule has 19 heavy (non-hydrogen) atoms. The van der Waals surface area contributed by atoms with Gasteiger partial charge in [0.2, 0.25) is 0 Å². The minimum Gasteiger partial charge on any atom is -0.329 e. The predicted molar refractivity (Wildman–Crippen MR) is 77.4 cm³/mol. The highest BCUT2D eigenvalue weighted by atomic mass is 19.1. The molecule has 0 aromatic heterocycles. The third-order valence-electron chi connectivity index (χ3n) is 4.67. The smallest absolute Gasteiger partial charge is 0.127 e. The van der Waals surface area contributed by atoms with E-state index in [1.165, 1.54) is 31.7 Å². The first-order valence-electron chi connectivity index (χ1n) is 7.31. The average Bonchev–Trinajstić information content (AvgIpc) is 2.93. The first-order chi connectivity index (χ1) is 9.15. The molecular weight excluding hydrogens is 239 g/mol. The zero-order valence-corrected chi connectivity index (χ0v) is 12.0. The molecule has 1 aromatic carbocycles. The van der Waals surface area contributed by atoms with Crippen LogP contribution in [0.15, 0.2) is 24.3 Å². The van der Waals surface area contributed by atoms with Crippen molar-refractivity contribution in [2.24, 2.45) is 11.7 Å². The number of hydrogen-bond acceptors (Lipinski definition) is 2. The first-order valence-corrected chi connectivity index (χ1v) is 7.31. The molecule has 0 saturated heterocycles. The van der Waals surface area contributed by atoms with Gasteiger partial charge >= 0.3 is 0 Å². The third-order valence-corrected chi connectivity index (χ3v) is 4.67. The second kappa shape index (κ2) is 6.49. The van der Waals surface area contributed by atoms with Crippen LogP contribution in [0.5, 0.6) is 0 Å². The fourth-order valence-electron chi connectivity index (χ4n) is 3.35. The van der Waals surface area contributed by atoms with E-state index in [1.54, 1.807) is 6.07 Å². The summed E-state index contributed by atoms with van der Waals surface area (Å²) in [6, 6.07) is 7.47. The van der Waals surface area contributed by atoms with E-state index in [-0.39, 0.29) is 11.9 Å². The molecule has 0 spiro atoms. The van der Waals surface area contributed by atoms with Crippen molar-refractivity contribution >= 4 is 0 Å². The van der Waals surface area contributed by atoms with Crippen LogP contribution in [0.1, 0.15) is 44.2 Å². The fourth-order valence-corrected chi connectivity index (χ4v) is 3.35. The molecule has 0 aliphatic heterocycles. The zero-order valence-electron chi connectivity index (χ0n) is 12.0. The molecule has 0 bridgehead atoms. The van der Waals surface area contributed by atoms with Crippen LogP contribution in [0, 0.1) is 11.7 Å². The van der Waals surface area contributed by atoms with Crippen LogP contribution in [0.25, 0.3) is 0 Å². The molecule has 1 saturated carbocycles. The Labute approximate surface area is 115 Å². The summed E-state index contributed by atoms with van der Waals surface area (Å²) in [6.07, 6.45) is 5.14. The summed E-state index contributed by atoms with van der Waals surface area (Å²) in [4.78, 5) is 2.26. The van der Waals surface area contributed by atoms with Gasteiger partial charge in [0.15, 0.2) is 0 Å². The summed E-state index contributed by atoms with van der Waals surface area (Å²) in [5.41, 5.74) is 6.74. The molecule has 2 rings (SSSR count). The quantitative estimate of drug-likeness (QED) is 0.884. The van der Waals surface area contributed by atoms with Crippen molar-refractivity contribution in [3.63, 3.8) is 0 Å². The van der Waals surface area contributed by atoms with Crippen LogP contribution >= 0.6 is 0 Å². The number of benzene rings is 1. The number of nitrogens with zero attached hydrogens (tertiary/aromatic N) is 1. The highest BCUT2D eigenvalue weighted by Gasteiger charge is 2.30. The lowest BCUT2D eigenvalue weighted by Gasteiger charge is -2.36. The lowest BCUT2D eigenvalue weighted by atomic mass is 9.94. The van der Waals surface area contributed by atoms with Crippen molar-refractivity contribution in [1.82, 2.24) is 4.90 Å². The maximum Gasteiger partial charge on any atom is 0.127 e. The van der Waals surface area contributed by atoms with E-state index in [0.29, 0.717) is 18.5 Å². The molecule has 2 nitrogen and oxygen atoms in total. The number of rotatable bonds is 5. The molecule has 1 aromatic rings. The molecule has 0 heterocycles. The molecular formula is C16H25FN2. The van der Waals surface area contributed by atoms with Crippen LogP contribution in [0.2, 0.25) is 0 Å². The summed E-state index contributed by atoms with van der Waals surface area (Å²) in [7, 11) is 2.08. The molecule has 106 valence electrons.